The van der Waals surface area contributed by atoms with Gasteiger partial charge in [-0.25, -0.2) is 0 Å². The van der Waals surface area contributed by atoms with E-state index >= 15 is 0 Å². The molecular weight excluding hydrogens is 176 g/mol. The quantitative estimate of drug-likeness (QED) is 0.572. The fourth-order valence-electron chi connectivity index (χ4n) is 1.55. The standard InChI is InChI=1S/C11H16N2O/c1-7-5-9(11(12)13-3)6-8(2)10(7)14-4/h5-6H,1-4H3,(H2,12,13). The van der Waals surface area contributed by atoms with E-state index in [0.717, 1.165) is 22.4 Å². The molecule has 1 aromatic rings. The molecule has 0 radical (unpaired) electrons. The van der Waals surface area contributed by atoms with Gasteiger partial charge in [0.25, 0.3) is 0 Å². The van der Waals surface area contributed by atoms with Crippen molar-refractivity contribution in [2.45, 2.75) is 13.8 Å². The van der Waals surface area contributed by atoms with Gasteiger partial charge in [0.2, 0.25) is 0 Å². The first-order valence-electron chi connectivity index (χ1n) is 4.48. The highest BCUT2D eigenvalue weighted by atomic mass is 16.5. The van der Waals surface area contributed by atoms with E-state index < -0.39 is 0 Å². The first-order valence-corrected chi connectivity index (χ1v) is 4.48. The lowest BCUT2D eigenvalue weighted by molar-refractivity contribution is 0.408. The number of aryl methyl sites for hydroxylation is 2. The van der Waals surface area contributed by atoms with Crippen LogP contribution in [-0.4, -0.2) is 20.0 Å². The van der Waals surface area contributed by atoms with Crippen LogP contribution in [0, 0.1) is 13.8 Å². The number of hydrogen-bond acceptors (Lipinski definition) is 2. The van der Waals surface area contributed by atoms with Gasteiger partial charge >= 0.3 is 0 Å². The third-order valence-electron chi connectivity index (χ3n) is 2.20. The summed E-state index contributed by atoms with van der Waals surface area (Å²) in [6.45, 7) is 4.00. The lowest BCUT2D eigenvalue weighted by Gasteiger charge is -2.10. The number of aliphatic imine (C=N–C) groups is 1. The molecule has 0 bridgehead atoms. The van der Waals surface area contributed by atoms with E-state index in [0.29, 0.717) is 5.84 Å². The van der Waals surface area contributed by atoms with E-state index in [1.165, 1.54) is 0 Å². The van der Waals surface area contributed by atoms with Crippen molar-refractivity contribution in [3.8, 4) is 5.75 Å². The van der Waals surface area contributed by atoms with Crippen molar-refractivity contribution in [2.75, 3.05) is 14.2 Å². The zero-order valence-corrected chi connectivity index (χ0v) is 9.09. The second kappa shape index (κ2) is 4.13. The lowest BCUT2D eigenvalue weighted by Crippen LogP contribution is -2.13. The number of benzene rings is 1. The van der Waals surface area contributed by atoms with Crippen LogP contribution in [0.4, 0.5) is 0 Å². The van der Waals surface area contributed by atoms with Gasteiger partial charge in [-0.1, -0.05) is 0 Å². The molecule has 0 amide bonds. The van der Waals surface area contributed by atoms with Crippen molar-refractivity contribution < 1.29 is 4.74 Å². The van der Waals surface area contributed by atoms with Crippen molar-refractivity contribution in [3.63, 3.8) is 0 Å². The normalized spacial score (nSPS) is 11.6. The topological polar surface area (TPSA) is 47.6 Å². The molecule has 0 aliphatic carbocycles. The molecule has 0 fully saturated rings. The molecule has 0 unspecified atom stereocenters. The summed E-state index contributed by atoms with van der Waals surface area (Å²) in [5.41, 5.74) is 8.84. The summed E-state index contributed by atoms with van der Waals surface area (Å²) in [4.78, 5) is 3.95. The maximum atomic E-state index is 5.73. The third kappa shape index (κ3) is 1.87. The number of nitrogens with two attached hydrogens (primary N) is 1. The minimum Gasteiger partial charge on any atom is -0.496 e. The van der Waals surface area contributed by atoms with Gasteiger partial charge in [-0.15, -0.1) is 0 Å². The Morgan fingerprint density at radius 1 is 1.29 bits per heavy atom. The molecule has 1 rings (SSSR count). The monoisotopic (exact) mass is 192 g/mol. The van der Waals surface area contributed by atoms with Crippen LogP contribution in [0.3, 0.4) is 0 Å². The number of hydrogen-bond donors (Lipinski definition) is 1. The molecule has 0 atom stereocenters. The molecule has 0 aromatic heterocycles. The van der Waals surface area contributed by atoms with Gasteiger partial charge in [-0.3, -0.25) is 4.99 Å². The van der Waals surface area contributed by atoms with Crippen LogP contribution in [0.1, 0.15) is 16.7 Å². The lowest BCUT2D eigenvalue weighted by atomic mass is 10.1. The van der Waals surface area contributed by atoms with Crippen LogP contribution in [0.2, 0.25) is 0 Å². The predicted octanol–water partition coefficient (Wildman–Crippen LogP) is 1.65. The Morgan fingerprint density at radius 2 is 1.79 bits per heavy atom. The van der Waals surface area contributed by atoms with Crippen LogP contribution < -0.4 is 10.5 Å². The molecule has 0 heterocycles. The molecule has 0 spiro atoms. The Kier molecular flexibility index (Phi) is 3.12. The second-order valence-corrected chi connectivity index (χ2v) is 3.25. The van der Waals surface area contributed by atoms with Crippen LogP contribution in [-0.2, 0) is 0 Å². The van der Waals surface area contributed by atoms with Gasteiger partial charge in [0.05, 0.1) is 7.11 Å². The minimum absolute atomic E-state index is 0.554. The average molecular weight is 192 g/mol. The summed E-state index contributed by atoms with van der Waals surface area (Å²) in [5.74, 6) is 1.47. The van der Waals surface area contributed by atoms with Gasteiger partial charge in [-0.2, -0.15) is 0 Å². The van der Waals surface area contributed by atoms with Crippen molar-refractivity contribution in [1.82, 2.24) is 0 Å². The Balaban J connectivity index is 3.27. The average Bonchev–Trinajstić information content (AvgIpc) is 2.16. The highest BCUT2D eigenvalue weighted by Gasteiger charge is 2.06. The molecule has 1 aromatic carbocycles. The minimum atomic E-state index is 0.554. The molecule has 0 saturated carbocycles. The van der Waals surface area contributed by atoms with Crippen LogP contribution in [0.15, 0.2) is 17.1 Å². The van der Waals surface area contributed by atoms with Crippen molar-refractivity contribution in [2.24, 2.45) is 10.7 Å². The first-order chi connectivity index (χ1) is 6.60. The first kappa shape index (κ1) is 10.6. The highest BCUT2D eigenvalue weighted by Crippen LogP contribution is 2.23. The van der Waals surface area contributed by atoms with Gasteiger partial charge < -0.3 is 10.5 Å². The largest absolute Gasteiger partial charge is 0.496 e. The Hall–Kier alpha value is -1.51. The zero-order chi connectivity index (χ0) is 10.7. The fourth-order valence-corrected chi connectivity index (χ4v) is 1.55. The van der Waals surface area contributed by atoms with E-state index in [2.05, 4.69) is 4.99 Å². The van der Waals surface area contributed by atoms with Crippen LogP contribution >= 0.6 is 0 Å². The Bertz CT molecular complexity index is 347. The summed E-state index contributed by atoms with van der Waals surface area (Å²) < 4.78 is 5.26. The number of nitrogens with zero attached hydrogens (tertiary/aromatic N) is 1. The van der Waals surface area contributed by atoms with Gasteiger partial charge in [0, 0.05) is 12.6 Å². The van der Waals surface area contributed by atoms with E-state index in [9.17, 15) is 0 Å². The summed E-state index contributed by atoms with van der Waals surface area (Å²) in [5, 5.41) is 0. The summed E-state index contributed by atoms with van der Waals surface area (Å²) in [6, 6.07) is 3.96. The van der Waals surface area contributed by atoms with Crippen molar-refractivity contribution in [3.05, 3.63) is 28.8 Å². The summed E-state index contributed by atoms with van der Waals surface area (Å²) >= 11 is 0. The molecule has 0 saturated heterocycles. The molecule has 2 N–H and O–H groups in total. The maximum Gasteiger partial charge on any atom is 0.125 e. The fraction of sp³-hybridized carbons (Fsp3) is 0.364. The molecular formula is C11H16N2O. The predicted molar refractivity (Wildman–Crippen MR) is 59.1 cm³/mol. The molecule has 14 heavy (non-hydrogen) atoms. The molecule has 0 aliphatic heterocycles. The molecule has 0 aliphatic rings. The third-order valence-corrected chi connectivity index (χ3v) is 2.20. The summed E-state index contributed by atoms with van der Waals surface area (Å²) in [6.07, 6.45) is 0. The summed E-state index contributed by atoms with van der Waals surface area (Å²) in [7, 11) is 3.36. The second-order valence-electron chi connectivity index (χ2n) is 3.25. The zero-order valence-electron chi connectivity index (χ0n) is 9.09. The van der Waals surface area contributed by atoms with Crippen molar-refractivity contribution in [1.29, 1.82) is 0 Å². The van der Waals surface area contributed by atoms with Gasteiger partial charge in [0.15, 0.2) is 0 Å². The maximum absolute atomic E-state index is 5.73. The number of rotatable bonds is 2. The SMILES string of the molecule is CN=C(N)c1cc(C)c(OC)c(C)c1. The molecule has 76 valence electrons. The van der Waals surface area contributed by atoms with Crippen LogP contribution in [0.5, 0.6) is 5.75 Å². The van der Waals surface area contributed by atoms with E-state index in [-0.39, 0.29) is 0 Å². The van der Waals surface area contributed by atoms with Gasteiger partial charge in [-0.05, 0) is 37.1 Å². The Labute approximate surface area is 84.6 Å². The van der Waals surface area contributed by atoms with E-state index in [4.69, 9.17) is 10.5 Å². The highest BCUT2D eigenvalue weighted by molar-refractivity contribution is 5.97. The number of amidine groups is 1. The van der Waals surface area contributed by atoms with Crippen molar-refractivity contribution >= 4 is 5.84 Å². The number of ether oxygens (including phenoxy) is 1. The molecule has 3 heteroatoms. The van der Waals surface area contributed by atoms with Crippen LogP contribution in [0.25, 0.3) is 0 Å². The smallest absolute Gasteiger partial charge is 0.125 e. The van der Waals surface area contributed by atoms with Gasteiger partial charge in [0.1, 0.15) is 11.6 Å². The number of methoxy groups -OCH3 is 1. The van der Waals surface area contributed by atoms with E-state index in [1.54, 1.807) is 14.2 Å². The van der Waals surface area contributed by atoms with E-state index in [1.807, 2.05) is 26.0 Å². The Morgan fingerprint density at radius 3 is 2.14 bits per heavy atom. The molecule has 3 nitrogen and oxygen atoms in total.